The molecule has 0 bridgehead atoms. The highest BCUT2D eigenvalue weighted by molar-refractivity contribution is 5.39. The lowest BCUT2D eigenvalue weighted by Gasteiger charge is -2.29. The smallest absolute Gasteiger partial charge is 0.232 e. The van der Waals surface area contributed by atoms with Gasteiger partial charge in [-0.3, -0.25) is 4.98 Å². The number of nitriles is 1. The van der Waals surface area contributed by atoms with Gasteiger partial charge in [-0.25, -0.2) is 9.97 Å². The molecule has 0 aromatic carbocycles. The molecule has 3 rings (SSSR count). The van der Waals surface area contributed by atoms with Gasteiger partial charge in [-0.2, -0.15) is 5.26 Å². The fourth-order valence-corrected chi connectivity index (χ4v) is 2.63. The fourth-order valence-electron chi connectivity index (χ4n) is 2.63. The third-order valence-electron chi connectivity index (χ3n) is 3.72. The van der Waals surface area contributed by atoms with Crippen LogP contribution in [0, 0.1) is 11.3 Å². The summed E-state index contributed by atoms with van der Waals surface area (Å²) in [6.07, 6.45) is 9.03. The summed E-state index contributed by atoms with van der Waals surface area (Å²) < 4.78 is 5.83. The Morgan fingerprint density at radius 2 is 2.05 bits per heavy atom. The summed E-state index contributed by atoms with van der Waals surface area (Å²) in [5.41, 5.74) is 0.435. The van der Waals surface area contributed by atoms with Crippen molar-refractivity contribution in [2.24, 2.45) is 0 Å². The first-order chi connectivity index (χ1) is 10.8. The summed E-state index contributed by atoms with van der Waals surface area (Å²) in [7, 11) is 0. The van der Waals surface area contributed by atoms with Crippen LogP contribution in [-0.2, 0) is 0 Å². The Morgan fingerprint density at radius 1 is 1.18 bits per heavy atom. The van der Waals surface area contributed by atoms with Crippen LogP contribution in [0.3, 0.4) is 0 Å². The Labute approximate surface area is 129 Å². The van der Waals surface area contributed by atoms with Gasteiger partial charge in [0.1, 0.15) is 23.7 Å². The van der Waals surface area contributed by atoms with Crippen molar-refractivity contribution >= 4 is 5.82 Å². The van der Waals surface area contributed by atoms with E-state index in [0.29, 0.717) is 17.6 Å². The van der Waals surface area contributed by atoms with Gasteiger partial charge in [0, 0.05) is 18.4 Å². The predicted octanol–water partition coefficient (Wildman–Crippen LogP) is 2.55. The molecule has 0 atom stereocenters. The molecule has 6 nitrogen and oxygen atoms in total. The molecule has 6 heteroatoms. The lowest BCUT2D eigenvalue weighted by molar-refractivity contribution is 0.143. The Hall–Kier alpha value is -2.68. The van der Waals surface area contributed by atoms with Crippen LogP contribution in [-0.4, -0.2) is 27.1 Å². The molecule has 0 amide bonds. The van der Waals surface area contributed by atoms with Crippen molar-refractivity contribution in [3.05, 3.63) is 42.5 Å². The normalized spacial score (nSPS) is 20.9. The van der Waals surface area contributed by atoms with Crippen LogP contribution < -0.4 is 10.1 Å². The Kier molecular flexibility index (Phi) is 4.44. The van der Waals surface area contributed by atoms with E-state index in [4.69, 9.17) is 10.00 Å². The Bertz CT molecular complexity index is 647. The molecule has 22 heavy (non-hydrogen) atoms. The van der Waals surface area contributed by atoms with E-state index >= 15 is 0 Å². The predicted molar refractivity (Wildman–Crippen MR) is 81.3 cm³/mol. The summed E-state index contributed by atoms with van der Waals surface area (Å²) in [5, 5.41) is 12.3. The summed E-state index contributed by atoms with van der Waals surface area (Å²) >= 11 is 0. The average molecular weight is 295 g/mol. The molecule has 1 saturated carbocycles. The van der Waals surface area contributed by atoms with E-state index in [-0.39, 0.29) is 6.10 Å². The molecule has 1 aliphatic carbocycles. The van der Waals surface area contributed by atoms with Crippen LogP contribution in [0.5, 0.6) is 5.88 Å². The summed E-state index contributed by atoms with van der Waals surface area (Å²) in [4.78, 5) is 12.4. The van der Waals surface area contributed by atoms with Crippen LogP contribution in [0.1, 0.15) is 31.4 Å². The number of nitrogens with one attached hydrogen (secondary N) is 1. The maximum absolute atomic E-state index is 8.87. The molecule has 2 aromatic heterocycles. The van der Waals surface area contributed by atoms with Crippen LogP contribution >= 0.6 is 0 Å². The van der Waals surface area contributed by atoms with Gasteiger partial charge in [-0.15, -0.1) is 0 Å². The van der Waals surface area contributed by atoms with Crippen molar-refractivity contribution in [2.45, 2.75) is 37.8 Å². The summed E-state index contributed by atoms with van der Waals surface area (Å²) in [6, 6.07) is 7.86. The van der Waals surface area contributed by atoms with Crippen LogP contribution in [0.15, 0.2) is 36.8 Å². The van der Waals surface area contributed by atoms with Gasteiger partial charge < -0.3 is 10.1 Å². The molecule has 2 aromatic rings. The molecule has 0 saturated heterocycles. The molecule has 0 unspecified atom stereocenters. The van der Waals surface area contributed by atoms with Gasteiger partial charge in [0.05, 0.1) is 6.20 Å². The molecule has 1 aliphatic rings. The second-order valence-electron chi connectivity index (χ2n) is 5.30. The number of anilines is 1. The first-order valence-electron chi connectivity index (χ1n) is 7.40. The number of hydrogen-bond acceptors (Lipinski definition) is 6. The van der Waals surface area contributed by atoms with Crippen molar-refractivity contribution in [2.75, 3.05) is 5.32 Å². The molecule has 1 fully saturated rings. The zero-order chi connectivity index (χ0) is 15.2. The zero-order valence-corrected chi connectivity index (χ0v) is 12.1. The molecule has 1 N–H and O–H groups in total. The van der Waals surface area contributed by atoms with Gasteiger partial charge in [0.15, 0.2) is 0 Å². The molecule has 2 heterocycles. The second kappa shape index (κ2) is 6.85. The fraction of sp³-hybridized carbons (Fsp3) is 0.375. The highest BCUT2D eigenvalue weighted by Crippen LogP contribution is 2.24. The van der Waals surface area contributed by atoms with Gasteiger partial charge in [-0.05, 0) is 37.8 Å². The van der Waals surface area contributed by atoms with Crippen molar-refractivity contribution in [3.8, 4) is 11.9 Å². The highest BCUT2D eigenvalue weighted by Gasteiger charge is 2.23. The van der Waals surface area contributed by atoms with E-state index < -0.39 is 0 Å². The van der Waals surface area contributed by atoms with Crippen molar-refractivity contribution in [1.29, 1.82) is 5.26 Å². The first kappa shape index (κ1) is 14.3. The third-order valence-corrected chi connectivity index (χ3v) is 3.72. The van der Waals surface area contributed by atoms with E-state index in [1.165, 1.54) is 0 Å². The van der Waals surface area contributed by atoms with Crippen LogP contribution in [0.2, 0.25) is 0 Å². The number of nitrogens with zero attached hydrogens (tertiary/aromatic N) is 4. The number of pyridine rings is 1. The van der Waals surface area contributed by atoms with Gasteiger partial charge >= 0.3 is 0 Å². The molecular weight excluding hydrogens is 278 g/mol. The second-order valence-corrected chi connectivity index (χ2v) is 5.30. The maximum Gasteiger partial charge on any atom is 0.232 e. The number of rotatable bonds is 4. The molecular formula is C16H17N5O. The minimum atomic E-state index is 0.188. The van der Waals surface area contributed by atoms with Crippen LogP contribution in [0.25, 0.3) is 0 Å². The Balaban J connectivity index is 1.50. The molecule has 112 valence electrons. The SMILES string of the molecule is N#Cc1cccc(NC2CCC(Oc3cnccn3)CC2)n1. The maximum atomic E-state index is 8.87. The minimum Gasteiger partial charge on any atom is -0.473 e. The van der Waals surface area contributed by atoms with E-state index in [0.717, 1.165) is 31.5 Å². The summed E-state index contributed by atoms with van der Waals surface area (Å²) in [6.45, 7) is 0. The van der Waals surface area contributed by atoms with Crippen molar-refractivity contribution in [3.63, 3.8) is 0 Å². The van der Waals surface area contributed by atoms with E-state index in [9.17, 15) is 0 Å². The van der Waals surface area contributed by atoms with Gasteiger partial charge in [-0.1, -0.05) is 6.07 Å². The quantitative estimate of drug-likeness (QED) is 0.933. The monoisotopic (exact) mass is 295 g/mol. The number of ether oxygens (including phenoxy) is 1. The lowest BCUT2D eigenvalue weighted by atomic mass is 9.93. The largest absolute Gasteiger partial charge is 0.473 e. The van der Waals surface area contributed by atoms with E-state index in [1.807, 2.05) is 12.1 Å². The minimum absolute atomic E-state index is 0.188. The Morgan fingerprint density at radius 3 is 2.77 bits per heavy atom. The van der Waals surface area contributed by atoms with Crippen LogP contribution in [0.4, 0.5) is 5.82 Å². The lowest BCUT2D eigenvalue weighted by Crippen LogP contribution is -2.31. The van der Waals surface area contributed by atoms with E-state index in [1.54, 1.807) is 24.7 Å². The molecule has 0 radical (unpaired) electrons. The van der Waals surface area contributed by atoms with Gasteiger partial charge in [0.25, 0.3) is 0 Å². The number of aromatic nitrogens is 3. The standard InChI is InChI=1S/C16H17N5O/c17-10-13-2-1-3-15(21-13)20-12-4-6-14(7-5-12)22-16-11-18-8-9-19-16/h1-3,8-9,11-12,14H,4-7H2,(H,20,21). The van der Waals surface area contributed by atoms with E-state index in [2.05, 4.69) is 26.3 Å². The third kappa shape index (κ3) is 3.70. The first-order valence-corrected chi connectivity index (χ1v) is 7.40. The molecule has 0 aliphatic heterocycles. The summed E-state index contributed by atoms with van der Waals surface area (Å²) in [5.74, 6) is 1.35. The average Bonchev–Trinajstić information content (AvgIpc) is 2.58. The topological polar surface area (TPSA) is 83.7 Å². The number of hydrogen-bond donors (Lipinski definition) is 1. The van der Waals surface area contributed by atoms with Crippen molar-refractivity contribution in [1.82, 2.24) is 15.0 Å². The highest BCUT2D eigenvalue weighted by atomic mass is 16.5. The van der Waals surface area contributed by atoms with Crippen molar-refractivity contribution < 1.29 is 4.74 Å². The zero-order valence-electron chi connectivity index (χ0n) is 12.1. The van der Waals surface area contributed by atoms with Gasteiger partial charge in [0.2, 0.25) is 5.88 Å². The molecule has 0 spiro atoms.